The molecule has 3 atom stereocenters. The molecule has 7 heteroatoms. The number of ketones is 1. The third kappa shape index (κ3) is 4.54. The van der Waals surface area contributed by atoms with E-state index in [0.29, 0.717) is 32.5 Å². The lowest BCUT2D eigenvalue weighted by molar-refractivity contribution is -0.134. The summed E-state index contributed by atoms with van der Waals surface area (Å²) < 4.78 is 0. The summed E-state index contributed by atoms with van der Waals surface area (Å²) in [5.74, 6) is 0.0588. The molecule has 3 unspecified atom stereocenters. The predicted octanol–water partition coefficient (Wildman–Crippen LogP) is 0.850. The minimum Gasteiger partial charge on any atom is -0.339 e. The van der Waals surface area contributed by atoms with Crippen molar-refractivity contribution in [2.75, 3.05) is 13.1 Å². The van der Waals surface area contributed by atoms with Crippen LogP contribution in [0.1, 0.15) is 38.7 Å². The van der Waals surface area contributed by atoms with Crippen LogP contribution in [0, 0.1) is 0 Å². The van der Waals surface area contributed by atoms with Crippen molar-refractivity contribution in [3.63, 3.8) is 0 Å². The van der Waals surface area contributed by atoms with Gasteiger partial charge in [0.25, 0.3) is 0 Å². The van der Waals surface area contributed by atoms with Gasteiger partial charge in [0.15, 0.2) is 0 Å². The minimum absolute atomic E-state index is 0.0119. The molecule has 1 aromatic rings. The van der Waals surface area contributed by atoms with E-state index in [0.717, 1.165) is 12.0 Å². The van der Waals surface area contributed by atoms with Crippen molar-refractivity contribution in [1.29, 1.82) is 0 Å². The van der Waals surface area contributed by atoms with Gasteiger partial charge in [0.05, 0.1) is 6.04 Å². The van der Waals surface area contributed by atoms with Gasteiger partial charge >= 0.3 is 0 Å². The van der Waals surface area contributed by atoms with E-state index in [4.69, 9.17) is 0 Å². The average molecular weight is 372 g/mol. The quantitative estimate of drug-likeness (QED) is 0.801. The Morgan fingerprint density at radius 1 is 1.15 bits per heavy atom. The molecule has 2 amide bonds. The molecule has 0 radical (unpaired) electrons. The van der Waals surface area contributed by atoms with Crippen LogP contribution < -0.4 is 10.9 Å². The minimum atomic E-state index is -0.424. The zero-order valence-corrected chi connectivity index (χ0v) is 16.0. The number of benzene rings is 1. The molecule has 0 spiro atoms. The highest BCUT2D eigenvalue weighted by molar-refractivity contribution is 5.87. The van der Waals surface area contributed by atoms with E-state index in [1.165, 1.54) is 6.92 Å². The van der Waals surface area contributed by atoms with Gasteiger partial charge in [-0.3, -0.25) is 14.4 Å². The first-order valence-electron chi connectivity index (χ1n) is 9.63. The van der Waals surface area contributed by atoms with Gasteiger partial charge in [-0.1, -0.05) is 37.3 Å². The number of nitrogens with one attached hydrogen (secondary N) is 2. The van der Waals surface area contributed by atoms with Gasteiger partial charge in [-0.05, 0) is 25.3 Å². The molecule has 0 bridgehead atoms. The second kappa shape index (κ2) is 8.63. The highest BCUT2D eigenvalue weighted by Gasteiger charge is 2.37. The third-order valence-electron chi connectivity index (χ3n) is 5.46. The number of nitrogens with zero attached hydrogens (tertiary/aromatic N) is 2. The summed E-state index contributed by atoms with van der Waals surface area (Å²) in [6, 6.07) is 9.17. The van der Waals surface area contributed by atoms with E-state index >= 15 is 0 Å². The standard InChI is InChI=1S/C20H28N4O3/c1-3-16-13-23(20(27)18-11-17(14(2)25)21-22-18)10-9-19(26)24(16)12-15-7-5-4-6-8-15/h4-8,16-18,21-22H,3,9-13H2,1-2H3. The molecule has 0 aromatic heterocycles. The second-order valence-electron chi connectivity index (χ2n) is 7.34. The van der Waals surface area contributed by atoms with E-state index in [-0.39, 0.29) is 29.7 Å². The van der Waals surface area contributed by atoms with Crippen molar-refractivity contribution in [1.82, 2.24) is 20.7 Å². The highest BCUT2D eigenvalue weighted by Crippen LogP contribution is 2.19. The van der Waals surface area contributed by atoms with Crippen molar-refractivity contribution >= 4 is 17.6 Å². The first-order valence-corrected chi connectivity index (χ1v) is 9.63. The van der Waals surface area contributed by atoms with Crippen LogP contribution in [0.25, 0.3) is 0 Å². The van der Waals surface area contributed by atoms with Crippen molar-refractivity contribution in [3.05, 3.63) is 35.9 Å². The van der Waals surface area contributed by atoms with Crippen molar-refractivity contribution in [2.45, 2.75) is 57.8 Å². The number of carbonyl (C=O) groups excluding carboxylic acids is 3. The van der Waals surface area contributed by atoms with E-state index in [1.54, 1.807) is 4.90 Å². The summed E-state index contributed by atoms with van der Waals surface area (Å²) in [6.45, 7) is 5.07. The Balaban J connectivity index is 1.69. The molecule has 7 nitrogen and oxygen atoms in total. The summed E-state index contributed by atoms with van der Waals surface area (Å²) in [4.78, 5) is 40.9. The van der Waals surface area contributed by atoms with Gasteiger partial charge in [-0.25, -0.2) is 10.9 Å². The summed E-state index contributed by atoms with van der Waals surface area (Å²) in [5, 5.41) is 0. The number of Topliss-reactive ketones (excluding diaryl/α,β-unsaturated/α-hetero) is 1. The van der Waals surface area contributed by atoms with Gasteiger partial charge in [0.1, 0.15) is 11.8 Å². The van der Waals surface area contributed by atoms with Crippen LogP contribution in [0.15, 0.2) is 30.3 Å². The molecule has 2 N–H and O–H groups in total. The normalized spacial score (nSPS) is 26.1. The molecule has 27 heavy (non-hydrogen) atoms. The zero-order valence-electron chi connectivity index (χ0n) is 16.0. The van der Waals surface area contributed by atoms with E-state index < -0.39 is 6.04 Å². The maximum absolute atomic E-state index is 12.9. The monoisotopic (exact) mass is 372 g/mol. The zero-order chi connectivity index (χ0) is 19.4. The first-order chi connectivity index (χ1) is 13.0. The Labute approximate surface area is 160 Å². The predicted molar refractivity (Wildman–Crippen MR) is 101 cm³/mol. The van der Waals surface area contributed by atoms with Crippen LogP contribution in [-0.4, -0.2) is 58.6 Å². The molecule has 1 aromatic carbocycles. The topological polar surface area (TPSA) is 81.8 Å². The van der Waals surface area contributed by atoms with Gasteiger partial charge in [0, 0.05) is 32.1 Å². The molecule has 0 aliphatic carbocycles. The molecular weight excluding hydrogens is 344 g/mol. The van der Waals surface area contributed by atoms with Crippen molar-refractivity contribution < 1.29 is 14.4 Å². The van der Waals surface area contributed by atoms with Crippen LogP contribution in [0.5, 0.6) is 0 Å². The maximum atomic E-state index is 12.9. The highest BCUT2D eigenvalue weighted by atomic mass is 16.2. The molecule has 2 saturated heterocycles. The molecule has 146 valence electrons. The van der Waals surface area contributed by atoms with E-state index in [9.17, 15) is 14.4 Å². The first kappa shape index (κ1) is 19.5. The molecular formula is C20H28N4O3. The van der Waals surface area contributed by atoms with E-state index in [1.807, 2.05) is 42.2 Å². The van der Waals surface area contributed by atoms with Gasteiger partial charge in [0.2, 0.25) is 11.8 Å². The molecule has 3 rings (SSSR count). The Morgan fingerprint density at radius 2 is 1.85 bits per heavy atom. The fraction of sp³-hybridized carbons (Fsp3) is 0.550. The number of rotatable bonds is 5. The van der Waals surface area contributed by atoms with Gasteiger partial charge < -0.3 is 9.80 Å². The van der Waals surface area contributed by atoms with Crippen molar-refractivity contribution in [3.8, 4) is 0 Å². The maximum Gasteiger partial charge on any atom is 0.241 e. The fourth-order valence-electron chi connectivity index (χ4n) is 3.77. The van der Waals surface area contributed by atoms with Crippen LogP contribution >= 0.6 is 0 Å². The number of carbonyl (C=O) groups is 3. The molecule has 2 aliphatic heterocycles. The van der Waals surface area contributed by atoms with Crippen LogP contribution in [0.2, 0.25) is 0 Å². The molecule has 0 saturated carbocycles. The van der Waals surface area contributed by atoms with Gasteiger partial charge in [-0.15, -0.1) is 0 Å². The smallest absolute Gasteiger partial charge is 0.241 e. The van der Waals surface area contributed by atoms with Crippen molar-refractivity contribution in [2.24, 2.45) is 0 Å². The second-order valence-corrected chi connectivity index (χ2v) is 7.34. The molecule has 2 fully saturated rings. The van der Waals surface area contributed by atoms with Crippen LogP contribution in [-0.2, 0) is 20.9 Å². The number of hydrogen-bond acceptors (Lipinski definition) is 5. The summed E-state index contributed by atoms with van der Waals surface area (Å²) in [5.41, 5.74) is 6.93. The average Bonchev–Trinajstić information content (AvgIpc) is 3.12. The fourth-order valence-corrected chi connectivity index (χ4v) is 3.77. The summed E-state index contributed by atoms with van der Waals surface area (Å²) in [7, 11) is 0. The number of hydrazine groups is 1. The largest absolute Gasteiger partial charge is 0.339 e. The Kier molecular flexibility index (Phi) is 6.23. The van der Waals surface area contributed by atoms with E-state index in [2.05, 4.69) is 10.9 Å². The third-order valence-corrected chi connectivity index (χ3v) is 5.46. The SMILES string of the molecule is CCC1CN(C(=O)C2CC(C(C)=O)NN2)CCC(=O)N1Cc1ccccc1. The Morgan fingerprint density at radius 3 is 2.48 bits per heavy atom. The van der Waals surface area contributed by atoms with Crippen LogP contribution in [0.4, 0.5) is 0 Å². The van der Waals surface area contributed by atoms with Gasteiger partial charge in [-0.2, -0.15) is 0 Å². The Bertz CT molecular complexity index is 694. The number of amides is 2. The lowest BCUT2D eigenvalue weighted by Gasteiger charge is -2.32. The summed E-state index contributed by atoms with van der Waals surface area (Å²) >= 11 is 0. The Hall–Kier alpha value is -2.25. The van der Waals surface area contributed by atoms with Crippen LogP contribution in [0.3, 0.4) is 0 Å². The summed E-state index contributed by atoms with van der Waals surface area (Å²) in [6.07, 6.45) is 1.56. The molecule has 2 aliphatic rings. The molecule has 2 heterocycles. The lowest BCUT2D eigenvalue weighted by atomic mass is 10.1. The number of hydrogen-bond donors (Lipinski definition) is 2. The lowest BCUT2D eigenvalue weighted by Crippen LogP contribution is -2.49.